The van der Waals surface area contributed by atoms with E-state index < -0.39 is 5.82 Å². The smallest absolute Gasteiger partial charge is 0.255 e. The second-order valence-electron chi connectivity index (χ2n) is 5.88. The summed E-state index contributed by atoms with van der Waals surface area (Å²) < 4.78 is 12.9. The van der Waals surface area contributed by atoms with Gasteiger partial charge in [-0.25, -0.2) is 4.39 Å². The van der Waals surface area contributed by atoms with Crippen LogP contribution in [0.5, 0.6) is 0 Å². The minimum Gasteiger partial charge on any atom is -0.358 e. The van der Waals surface area contributed by atoms with Crippen molar-refractivity contribution in [3.63, 3.8) is 0 Å². The lowest BCUT2D eigenvalue weighted by atomic mass is 10.1. The molecule has 4 nitrogen and oxygen atoms in total. The molecule has 0 aliphatic heterocycles. The van der Waals surface area contributed by atoms with E-state index in [0.717, 1.165) is 16.8 Å². The summed E-state index contributed by atoms with van der Waals surface area (Å²) >= 11 is 0. The van der Waals surface area contributed by atoms with Crippen LogP contribution in [0.4, 0.5) is 10.1 Å². The number of aromatic nitrogens is 1. The molecule has 2 N–H and O–H groups in total. The van der Waals surface area contributed by atoms with E-state index in [-0.39, 0.29) is 11.3 Å². The number of carbonyl (C=O) groups is 1. The summed E-state index contributed by atoms with van der Waals surface area (Å²) in [6.07, 6.45) is 0. The normalized spacial score (nSPS) is 10.8. The fourth-order valence-electron chi connectivity index (χ4n) is 2.66. The summed E-state index contributed by atoms with van der Waals surface area (Å²) in [4.78, 5) is 28.0. The Hall–Kier alpha value is -2.95. The predicted molar refractivity (Wildman–Crippen MR) is 93.1 cm³/mol. The van der Waals surface area contributed by atoms with Gasteiger partial charge in [-0.2, -0.15) is 0 Å². The number of aromatic amines is 1. The molecule has 122 valence electrons. The molecule has 3 aromatic rings. The van der Waals surface area contributed by atoms with Gasteiger partial charge in [-0.1, -0.05) is 0 Å². The molecule has 0 unspecified atom stereocenters. The van der Waals surface area contributed by atoms with Gasteiger partial charge in [0.2, 0.25) is 0 Å². The average Bonchev–Trinajstić information content (AvgIpc) is 2.54. The van der Waals surface area contributed by atoms with Crippen LogP contribution >= 0.6 is 0 Å². The quantitative estimate of drug-likeness (QED) is 0.752. The monoisotopic (exact) mass is 324 g/mol. The van der Waals surface area contributed by atoms with Crippen molar-refractivity contribution in [3.05, 3.63) is 74.8 Å². The zero-order valence-corrected chi connectivity index (χ0v) is 13.7. The molecule has 0 aliphatic carbocycles. The number of amides is 1. The SMILES string of the molecule is Cc1[nH]c2c(C)cc(NC(=O)c3ccc(F)cc3)cc2c(=O)c1C. The Morgan fingerprint density at radius 3 is 2.42 bits per heavy atom. The maximum absolute atomic E-state index is 12.9. The molecule has 1 amide bonds. The zero-order chi connectivity index (χ0) is 17.4. The highest BCUT2D eigenvalue weighted by Gasteiger charge is 2.11. The van der Waals surface area contributed by atoms with E-state index in [2.05, 4.69) is 10.3 Å². The summed E-state index contributed by atoms with van der Waals surface area (Å²) in [6.45, 7) is 5.51. The summed E-state index contributed by atoms with van der Waals surface area (Å²) in [5, 5.41) is 3.29. The van der Waals surface area contributed by atoms with Crippen LogP contribution in [0.2, 0.25) is 0 Å². The topological polar surface area (TPSA) is 62.0 Å². The van der Waals surface area contributed by atoms with Crippen molar-refractivity contribution < 1.29 is 9.18 Å². The number of hydrogen-bond donors (Lipinski definition) is 2. The average molecular weight is 324 g/mol. The molecule has 24 heavy (non-hydrogen) atoms. The van der Waals surface area contributed by atoms with Crippen molar-refractivity contribution >= 4 is 22.5 Å². The first-order valence-electron chi connectivity index (χ1n) is 7.57. The molecule has 0 bridgehead atoms. The maximum atomic E-state index is 12.9. The van der Waals surface area contributed by atoms with Gasteiger partial charge in [0.1, 0.15) is 5.82 Å². The highest BCUT2D eigenvalue weighted by atomic mass is 19.1. The Balaban J connectivity index is 2.03. The number of halogens is 1. The molecule has 3 rings (SSSR count). The fourth-order valence-corrected chi connectivity index (χ4v) is 2.66. The van der Waals surface area contributed by atoms with Crippen molar-refractivity contribution in [1.82, 2.24) is 4.98 Å². The Morgan fingerprint density at radius 1 is 1.08 bits per heavy atom. The molecule has 1 aromatic heterocycles. The number of anilines is 1. The molecular weight excluding hydrogens is 307 g/mol. The highest BCUT2D eigenvalue weighted by molar-refractivity contribution is 6.05. The second kappa shape index (κ2) is 5.92. The lowest BCUT2D eigenvalue weighted by Crippen LogP contribution is -2.14. The summed E-state index contributed by atoms with van der Waals surface area (Å²) in [5.74, 6) is -0.750. The number of carbonyl (C=O) groups excluding carboxylic acids is 1. The van der Waals surface area contributed by atoms with Gasteiger partial charge in [0.05, 0.1) is 5.52 Å². The van der Waals surface area contributed by atoms with Crippen LogP contribution in [-0.2, 0) is 0 Å². The fraction of sp³-hybridized carbons (Fsp3) is 0.158. The Morgan fingerprint density at radius 2 is 1.75 bits per heavy atom. The van der Waals surface area contributed by atoms with E-state index in [9.17, 15) is 14.0 Å². The highest BCUT2D eigenvalue weighted by Crippen LogP contribution is 2.21. The molecule has 1 heterocycles. The lowest BCUT2D eigenvalue weighted by Gasteiger charge is -2.11. The van der Waals surface area contributed by atoms with E-state index in [1.165, 1.54) is 24.3 Å². The van der Waals surface area contributed by atoms with Gasteiger partial charge in [-0.3, -0.25) is 9.59 Å². The van der Waals surface area contributed by atoms with Crippen LogP contribution in [0.3, 0.4) is 0 Å². The molecule has 0 spiro atoms. The molecule has 0 atom stereocenters. The van der Waals surface area contributed by atoms with Crippen LogP contribution in [-0.4, -0.2) is 10.9 Å². The summed E-state index contributed by atoms with van der Waals surface area (Å²) in [6, 6.07) is 8.76. The number of nitrogens with one attached hydrogen (secondary N) is 2. The van der Waals surface area contributed by atoms with Crippen LogP contribution in [0, 0.1) is 26.6 Å². The number of rotatable bonds is 2. The number of pyridine rings is 1. The van der Waals surface area contributed by atoms with Gasteiger partial charge in [0.15, 0.2) is 5.43 Å². The molecule has 0 saturated heterocycles. The van der Waals surface area contributed by atoms with E-state index in [0.29, 0.717) is 22.2 Å². The van der Waals surface area contributed by atoms with Crippen molar-refractivity contribution in [1.29, 1.82) is 0 Å². The molecule has 0 fully saturated rings. The van der Waals surface area contributed by atoms with Gasteiger partial charge >= 0.3 is 0 Å². The number of fused-ring (bicyclic) bond motifs is 1. The van der Waals surface area contributed by atoms with Crippen LogP contribution in [0.25, 0.3) is 10.9 Å². The maximum Gasteiger partial charge on any atom is 0.255 e. The number of H-pyrrole nitrogens is 1. The van der Waals surface area contributed by atoms with Gasteiger partial charge in [-0.15, -0.1) is 0 Å². The first kappa shape index (κ1) is 15.9. The molecule has 5 heteroatoms. The van der Waals surface area contributed by atoms with Crippen molar-refractivity contribution in [2.45, 2.75) is 20.8 Å². The van der Waals surface area contributed by atoms with Crippen LogP contribution in [0.15, 0.2) is 41.2 Å². The Labute approximate surface area is 138 Å². The molecule has 2 aromatic carbocycles. The lowest BCUT2D eigenvalue weighted by molar-refractivity contribution is 0.102. The van der Waals surface area contributed by atoms with Crippen LogP contribution < -0.4 is 10.7 Å². The second-order valence-corrected chi connectivity index (χ2v) is 5.88. The van der Waals surface area contributed by atoms with Crippen molar-refractivity contribution in [3.8, 4) is 0 Å². The van der Waals surface area contributed by atoms with Gasteiger partial charge in [0.25, 0.3) is 5.91 Å². The Bertz CT molecular complexity index is 1000. The van der Waals surface area contributed by atoms with Gasteiger partial charge in [0, 0.05) is 27.9 Å². The van der Waals surface area contributed by atoms with E-state index in [4.69, 9.17) is 0 Å². The van der Waals surface area contributed by atoms with Crippen LogP contribution in [0.1, 0.15) is 27.2 Å². The molecular formula is C19H17FN2O2. The minimum absolute atomic E-state index is 0.0535. The third-order valence-electron chi connectivity index (χ3n) is 4.16. The predicted octanol–water partition coefficient (Wildman–Crippen LogP) is 3.84. The molecule has 0 radical (unpaired) electrons. The number of hydrogen-bond acceptors (Lipinski definition) is 2. The van der Waals surface area contributed by atoms with E-state index >= 15 is 0 Å². The van der Waals surface area contributed by atoms with Crippen molar-refractivity contribution in [2.75, 3.05) is 5.32 Å². The summed E-state index contributed by atoms with van der Waals surface area (Å²) in [7, 11) is 0. The third-order valence-corrected chi connectivity index (χ3v) is 4.16. The molecule has 0 saturated carbocycles. The van der Waals surface area contributed by atoms with Gasteiger partial charge < -0.3 is 10.3 Å². The largest absolute Gasteiger partial charge is 0.358 e. The Kier molecular flexibility index (Phi) is 3.93. The first-order valence-corrected chi connectivity index (χ1v) is 7.57. The number of benzene rings is 2. The zero-order valence-electron chi connectivity index (χ0n) is 13.7. The third kappa shape index (κ3) is 2.80. The standard InChI is InChI=1S/C19H17FN2O2/c1-10-8-15(22-19(24)13-4-6-14(20)7-5-13)9-16-17(10)21-12(3)11(2)18(16)23/h4-9H,1-3H3,(H,21,23)(H,22,24). The number of aryl methyl sites for hydroxylation is 2. The summed E-state index contributed by atoms with van der Waals surface area (Å²) in [5.41, 5.74) is 3.95. The minimum atomic E-state index is -0.398. The molecule has 0 aliphatic rings. The first-order chi connectivity index (χ1) is 11.4. The van der Waals surface area contributed by atoms with Crippen molar-refractivity contribution in [2.24, 2.45) is 0 Å². The van der Waals surface area contributed by atoms with E-state index in [1.807, 2.05) is 13.8 Å². The van der Waals surface area contributed by atoms with Gasteiger partial charge in [-0.05, 0) is 62.7 Å². The van der Waals surface area contributed by atoms with E-state index in [1.54, 1.807) is 19.1 Å².